The van der Waals surface area contributed by atoms with Gasteiger partial charge in [0.15, 0.2) is 0 Å². The summed E-state index contributed by atoms with van der Waals surface area (Å²) in [6, 6.07) is 12.9. The number of carbonyl (C=O) groups is 1. The fourth-order valence-corrected chi connectivity index (χ4v) is 3.31. The number of phenolic OH excluding ortho intramolecular Hbond substituents is 1. The molecule has 0 aliphatic carbocycles. The average Bonchev–Trinajstić information content (AvgIpc) is 3.08. The lowest BCUT2D eigenvalue weighted by atomic mass is 10.0. The molecular weight excluding hydrogens is 326 g/mol. The summed E-state index contributed by atoms with van der Waals surface area (Å²) in [4.78, 5) is 14.5. The molecule has 2 atom stereocenters. The molecule has 2 aromatic rings. The van der Waals surface area contributed by atoms with E-state index in [1.54, 1.807) is 24.0 Å². The Morgan fingerprint density at radius 2 is 1.96 bits per heavy atom. The number of amides is 1. The summed E-state index contributed by atoms with van der Waals surface area (Å²) < 4.78 is 0. The van der Waals surface area contributed by atoms with Crippen molar-refractivity contribution in [3.8, 4) is 16.9 Å². The summed E-state index contributed by atoms with van der Waals surface area (Å²) in [5.41, 5.74) is 1.91. The summed E-state index contributed by atoms with van der Waals surface area (Å²) >= 11 is 6.14. The van der Waals surface area contributed by atoms with E-state index in [4.69, 9.17) is 11.6 Å². The van der Waals surface area contributed by atoms with Crippen molar-refractivity contribution >= 4 is 17.5 Å². The Balaban J connectivity index is 1.93. The lowest BCUT2D eigenvalue weighted by molar-refractivity contribution is 0.0759. The SMILES string of the molecule is CC(O)C1CCN(C(=O)c2cc(-c3ccccc3)cc(Cl)c2O)C1. The Morgan fingerprint density at radius 1 is 1.25 bits per heavy atom. The monoisotopic (exact) mass is 345 g/mol. The van der Waals surface area contributed by atoms with Crippen LogP contribution < -0.4 is 0 Å². The summed E-state index contributed by atoms with van der Waals surface area (Å²) in [6.45, 7) is 2.80. The van der Waals surface area contributed by atoms with Gasteiger partial charge in [-0.2, -0.15) is 0 Å². The van der Waals surface area contributed by atoms with Crippen molar-refractivity contribution in [2.75, 3.05) is 13.1 Å². The van der Waals surface area contributed by atoms with Gasteiger partial charge in [0.1, 0.15) is 5.75 Å². The van der Waals surface area contributed by atoms with Crippen molar-refractivity contribution in [3.63, 3.8) is 0 Å². The molecule has 0 radical (unpaired) electrons. The number of hydrogen-bond acceptors (Lipinski definition) is 3. The molecule has 1 amide bonds. The smallest absolute Gasteiger partial charge is 0.257 e. The first-order valence-electron chi connectivity index (χ1n) is 8.02. The molecule has 2 N–H and O–H groups in total. The Kier molecular flexibility index (Phi) is 4.78. The second-order valence-corrected chi connectivity index (χ2v) is 6.67. The number of aliphatic hydroxyl groups is 1. The number of nitrogens with zero attached hydrogens (tertiary/aromatic N) is 1. The summed E-state index contributed by atoms with van der Waals surface area (Å²) in [7, 11) is 0. The van der Waals surface area contributed by atoms with Crippen molar-refractivity contribution in [1.29, 1.82) is 0 Å². The van der Waals surface area contributed by atoms with E-state index in [-0.39, 0.29) is 28.2 Å². The topological polar surface area (TPSA) is 60.8 Å². The fourth-order valence-electron chi connectivity index (χ4n) is 3.10. The van der Waals surface area contributed by atoms with E-state index in [1.807, 2.05) is 30.3 Å². The first kappa shape index (κ1) is 16.8. The third kappa shape index (κ3) is 3.25. The number of benzene rings is 2. The zero-order valence-corrected chi connectivity index (χ0v) is 14.2. The third-order valence-electron chi connectivity index (χ3n) is 4.60. The van der Waals surface area contributed by atoms with Crippen LogP contribution >= 0.6 is 11.6 Å². The van der Waals surface area contributed by atoms with Gasteiger partial charge in [0.05, 0.1) is 16.7 Å². The van der Waals surface area contributed by atoms with Crippen molar-refractivity contribution in [1.82, 2.24) is 4.90 Å². The van der Waals surface area contributed by atoms with E-state index in [0.29, 0.717) is 13.1 Å². The van der Waals surface area contributed by atoms with Crippen molar-refractivity contribution in [2.24, 2.45) is 5.92 Å². The minimum atomic E-state index is -0.448. The highest BCUT2D eigenvalue weighted by Gasteiger charge is 2.31. The van der Waals surface area contributed by atoms with Gasteiger partial charge in [0, 0.05) is 19.0 Å². The molecule has 2 unspecified atom stereocenters. The molecule has 0 spiro atoms. The quantitative estimate of drug-likeness (QED) is 0.894. The summed E-state index contributed by atoms with van der Waals surface area (Å²) in [6.07, 6.45) is 0.312. The highest BCUT2D eigenvalue weighted by Crippen LogP contribution is 2.35. The molecule has 0 bridgehead atoms. The van der Waals surface area contributed by atoms with Crippen LogP contribution in [-0.4, -0.2) is 40.2 Å². The van der Waals surface area contributed by atoms with E-state index < -0.39 is 6.10 Å². The maximum Gasteiger partial charge on any atom is 0.257 e. The lowest BCUT2D eigenvalue weighted by Gasteiger charge is -2.19. The number of carbonyl (C=O) groups excluding carboxylic acids is 1. The molecule has 1 aliphatic heterocycles. The number of phenols is 1. The van der Waals surface area contributed by atoms with Crippen molar-refractivity contribution < 1.29 is 15.0 Å². The van der Waals surface area contributed by atoms with Gasteiger partial charge in [0.25, 0.3) is 5.91 Å². The van der Waals surface area contributed by atoms with Gasteiger partial charge in [-0.1, -0.05) is 41.9 Å². The molecule has 3 rings (SSSR count). The number of aliphatic hydroxyl groups excluding tert-OH is 1. The van der Waals surface area contributed by atoms with Gasteiger partial charge < -0.3 is 15.1 Å². The molecule has 1 saturated heterocycles. The largest absolute Gasteiger partial charge is 0.506 e. The molecular formula is C19H20ClNO3. The van der Waals surface area contributed by atoms with Crippen LogP contribution in [0.3, 0.4) is 0 Å². The molecule has 1 fully saturated rings. The Morgan fingerprint density at radius 3 is 2.58 bits per heavy atom. The summed E-state index contributed by atoms with van der Waals surface area (Å²) in [5, 5.41) is 20.1. The number of halogens is 1. The number of hydrogen-bond donors (Lipinski definition) is 2. The van der Waals surface area contributed by atoms with Crippen LogP contribution in [0.5, 0.6) is 5.75 Å². The van der Waals surface area contributed by atoms with E-state index in [1.165, 1.54) is 0 Å². The molecule has 1 aliphatic rings. The van der Waals surface area contributed by atoms with Crippen molar-refractivity contribution in [3.05, 3.63) is 53.1 Å². The van der Waals surface area contributed by atoms with Gasteiger partial charge in [-0.25, -0.2) is 0 Å². The van der Waals surface area contributed by atoms with E-state index in [9.17, 15) is 15.0 Å². The maximum atomic E-state index is 12.8. The molecule has 1 heterocycles. The van der Waals surface area contributed by atoms with Crippen molar-refractivity contribution in [2.45, 2.75) is 19.4 Å². The minimum absolute atomic E-state index is 0.0730. The predicted octanol–water partition coefficient (Wildman–Crippen LogP) is 3.56. The van der Waals surface area contributed by atoms with Crippen LogP contribution in [0.15, 0.2) is 42.5 Å². The van der Waals surface area contributed by atoms with Gasteiger partial charge in [-0.3, -0.25) is 4.79 Å². The Bertz CT molecular complexity index is 746. The molecule has 0 saturated carbocycles. The number of aromatic hydroxyl groups is 1. The van der Waals surface area contributed by atoms with Crippen LogP contribution in [0, 0.1) is 5.92 Å². The molecule has 0 aromatic heterocycles. The van der Waals surface area contributed by atoms with Crippen LogP contribution in [-0.2, 0) is 0 Å². The zero-order chi connectivity index (χ0) is 17.3. The van der Waals surface area contributed by atoms with Gasteiger partial charge >= 0.3 is 0 Å². The zero-order valence-electron chi connectivity index (χ0n) is 13.4. The maximum absolute atomic E-state index is 12.8. The predicted molar refractivity (Wildman–Crippen MR) is 94.2 cm³/mol. The van der Waals surface area contributed by atoms with Gasteiger partial charge in [0.2, 0.25) is 0 Å². The third-order valence-corrected chi connectivity index (χ3v) is 4.88. The van der Waals surface area contributed by atoms with Crippen LogP contribution in [0.2, 0.25) is 5.02 Å². The fraction of sp³-hybridized carbons (Fsp3) is 0.316. The lowest BCUT2D eigenvalue weighted by Crippen LogP contribution is -2.30. The Labute approximate surface area is 146 Å². The second-order valence-electron chi connectivity index (χ2n) is 6.26. The van der Waals surface area contributed by atoms with Gasteiger partial charge in [-0.15, -0.1) is 0 Å². The van der Waals surface area contributed by atoms with E-state index in [0.717, 1.165) is 17.5 Å². The van der Waals surface area contributed by atoms with E-state index in [2.05, 4.69) is 0 Å². The molecule has 5 heteroatoms. The highest BCUT2D eigenvalue weighted by atomic mass is 35.5. The van der Waals surface area contributed by atoms with Gasteiger partial charge in [-0.05, 0) is 36.6 Å². The molecule has 2 aromatic carbocycles. The molecule has 126 valence electrons. The first-order valence-corrected chi connectivity index (χ1v) is 8.40. The number of likely N-dealkylation sites (tertiary alicyclic amines) is 1. The normalized spacial score (nSPS) is 18.6. The Hall–Kier alpha value is -2.04. The highest BCUT2D eigenvalue weighted by molar-refractivity contribution is 6.33. The molecule has 4 nitrogen and oxygen atoms in total. The average molecular weight is 346 g/mol. The van der Waals surface area contributed by atoms with E-state index >= 15 is 0 Å². The minimum Gasteiger partial charge on any atom is -0.506 e. The number of rotatable bonds is 3. The van der Waals surface area contributed by atoms with Crippen LogP contribution in [0.25, 0.3) is 11.1 Å². The van der Waals surface area contributed by atoms with Crippen LogP contribution in [0.4, 0.5) is 0 Å². The standard InChI is InChI=1S/C19H20ClNO3/c1-12(22)14-7-8-21(11-14)19(24)16-9-15(10-17(20)18(16)23)13-5-3-2-4-6-13/h2-6,9-10,12,14,22-23H,7-8,11H2,1H3. The summed E-state index contributed by atoms with van der Waals surface area (Å²) in [5.74, 6) is -0.374. The van der Waals surface area contributed by atoms with Crippen LogP contribution in [0.1, 0.15) is 23.7 Å². The molecule has 24 heavy (non-hydrogen) atoms. The first-order chi connectivity index (χ1) is 11.5. The second kappa shape index (κ2) is 6.83.